The van der Waals surface area contributed by atoms with E-state index in [9.17, 15) is 4.79 Å². The highest BCUT2D eigenvalue weighted by Crippen LogP contribution is 2.26. The van der Waals surface area contributed by atoms with E-state index < -0.39 is 0 Å². The van der Waals surface area contributed by atoms with Crippen LogP contribution < -0.4 is 0 Å². The SMILES string of the molecule is COC1CCCC(OC(=O)c2cc(C(C)C)n(C(C)(C)C)n2)C1. The molecule has 0 saturated heterocycles. The average Bonchev–Trinajstić information content (AvgIpc) is 2.93. The second kappa shape index (κ2) is 7.04. The zero-order valence-electron chi connectivity index (χ0n) is 15.3. The van der Waals surface area contributed by atoms with E-state index in [4.69, 9.17) is 9.47 Å². The molecule has 0 aromatic carbocycles. The van der Waals surface area contributed by atoms with Crippen LogP contribution in [0.4, 0.5) is 0 Å². The first kappa shape index (κ1) is 18.0. The number of ether oxygens (including phenoxy) is 2. The normalized spacial score (nSPS) is 22.4. The van der Waals surface area contributed by atoms with E-state index in [1.165, 1.54) is 0 Å². The van der Waals surface area contributed by atoms with E-state index >= 15 is 0 Å². The summed E-state index contributed by atoms with van der Waals surface area (Å²) in [5, 5.41) is 4.52. The van der Waals surface area contributed by atoms with Crippen LogP contribution in [0.25, 0.3) is 0 Å². The summed E-state index contributed by atoms with van der Waals surface area (Å²) in [5.74, 6) is -0.0209. The van der Waals surface area contributed by atoms with E-state index in [1.807, 2.05) is 10.7 Å². The second-order valence-electron chi connectivity index (χ2n) is 7.74. The van der Waals surface area contributed by atoms with Crippen molar-refractivity contribution in [3.05, 3.63) is 17.5 Å². The maximum Gasteiger partial charge on any atom is 0.359 e. The first-order chi connectivity index (χ1) is 10.7. The van der Waals surface area contributed by atoms with Crippen LogP contribution in [0.2, 0.25) is 0 Å². The predicted octanol–water partition coefficient (Wildman–Crippen LogP) is 3.88. The summed E-state index contributed by atoms with van der Waals surface area (Å²) in [4.78, 5) is 12.5. The van der Waals surface area contributed by atoms with Crippen LogP contribution in [-0.4, -0.2) is 35.1 Å². The molecule has 1 aromatic rings. The van der Waals surface area contributed by atoms with Gasteiger partial charge in [-0.2, -0.15) is 5.10 Å². The summed E-state index contributed by atoms with van der Waals surface area (Å²) in [5.41, 5.74) is 1.30. The first-order valence-electron chi connectivity index (χ1n) is 8.56. The highest BCUT2D eigenvalue weighted by atomic mass is 16.5. The third-order valence-corrected chi connectivity index (χ3v) is 4.36. The number of hydrogen-bond donors (Lipinski definition) is 0. The van der Waals surface area contributed by atoms with Gasteiger partial charge in [-0.1, -0.05) is 13.8 Å². The van der Waals surface area contributed by atoms with Gasteiger partial charge in [0.2, 0.25) is 0 Å². The molecule has 0 amide bonds. The van der Waals surface area contributed by atoms with Gasteiger partial charge in [0, 0.05) is 19.2 Å². The van der Waals surface area contributed by atoms with Crippen LogP contribution >= 0.6 is 0 Å². The Labute approximate surface area is 139 Å². The van der Waals surface area contributed by atoms with Crippen LogP contribution in [-0.2, 0) is 15.0 Å². The molecule has 130 valence electrons. The van der Waals surface area contributed by atoms with Gasteiger partial charge in [-0.3, -0.25) is 4.68 Å². The Kier molecular flexibility index (Phi) is 5.50. The molecule has 1 saturated carbocycles. The van der Waals surface area contributed by atoms with Gasteiger partial charge >= 0.3 is 5.97 Å². The van der Waals surface area contributed by atoms with Crippen LogP contribution in [0, 0.1) is 0 Å². The number of carbonyl (C=O) groups is 1. The molecule has 0 aliphatic heterocycles. The Hall–Kier alpha value is -1.36. The van der Waals surface area contributed by atoms with Crippen molar-refractivity contribution in [3.8, 4) is 0 Å². The molecule has 2 atom stereocenters. The van der Waals surface area contributed by atoms with E-state index in [0.717, 1.165) is 31.4 Å². The molecule has 1 heterocycles. The summed E-state index contributed by atoms with van der Waals surface area (Å²) in [7, 11) is 1.72. The summed E-state index contributed by atoms with van der Waals surface area (Å²) in [6, 6.07) is 1.87. The van der Waals surface area contributed by atoms with Gasteiger partial charge in [0.25, 0.3) is 0 Å². The lowest BCUT2D eigenvalue weighted by Crippen LogP contribution is -2.30. The van der Waals surface area contributed by atoms with Gasteiger partial charge in [0.15, 0.2) is 5.69 Å². The van der Waals surface area contributed by atoms with Crippen LogP contribution in [0.15, 0.2) is 6.07 Å². The van der Waals surface area contributed by atoms with Crippen LogP contribution in [0.5, 0.6) is 0 Å². The van der Waals surface area contributed by atoms with E-state index in [2.05, 4.69) is 39.7 Å². The predicted molar refractivity (Wildman–Crippen MR) is 89.8 cm³/mol. The molecule has 23 heavy (non-hydrogen) atoms. The van der Waals surface area contributed by atoms with Crippen molar-refractivity contribution in [2.75, 3.05) is 7.11 Å². The molecule has 1 aliphatic carbocycles. The smallest absolute Gasteiger partial charge is 0.359 e. The van der Waals surface area contributed by atoms with Gasteiger partial charge < -0.3 is 9.47 Å². The minimum absolute atomic E-state index is 0.0662. The highest BCUT2D eigenvalue weighted by molar-refractivity contribution is 5.87. The van der Waals surface area contributed by atoms with Crippen LogP contribution in [0.1, 0.15) is 82.4 Å². The molecule has 5 nitrogen and oxygen atoms in total. The number of carbonyl (C=O) groups excluding carboxylic acids is 1. The number of nitrogens with zero attached hydrogens (tertiary/aromatic N) is 2. The number of aromatic nitrogens is 2. The Balaban J connectivity index is 2.13. The molecular formula is C18H30N2O3. The van der Waals surface area contributed by atoms with Gasteiger partial charge in [0.1, 0.15) is 6.10 Å². The maximum absolute atomic E-state index is 12.5. The molecule has 5 heteroatoms. The molecule has 0 radical (unpaired) electrons. The lowest BCUT2D eigenvalue weighted by Gasteiger charge is -2.27. The molecule has 0 spiro atoms. The standard InChI is InChI=1S/C18H30N2O3/c1-12(2)16-11-15(19-20(16)18(3,4)5)17(21)23-14-9-7-8-13(10-14)22-6/h11-14H,7-10H2,1-6H3. The van der Waals surface area contributed by atoms with Crippen molar-refractivity contribution in [1.29, 1.82) is 0 Å². The minimum atomic E-state index is -0.323. The summed E-state index contributed by atoms with van der Waals surface area (Å²) in [6.45, 7) is 10.5. The second-order valence-corrected chi connectivity index (χ2v) is 7.74. The lowest BCUT2D eigenvalue weighted by atomic mass is 9.95. The zero-order chi connectivity index (χ0) is 17.2. The monoisotopic (exact) mass is 322 g/mol. The minimum Gasteiger partial charge on any atom is -0.458 e. The Morgan fingerprint density at radius 3 is 2.48 bits per heavy atom. The molecule has 2 rings (SSSR count). The fourth-order valence-corrected chi connectivity index (χ4v) is 3.08. The summed E-state index contributed by atoms with van der Waals surface area (Å²) >= 11 is 0. The number of hydrogen-bond acceptors (Lipinski definition) is 4. The van der Waals surface area contributed by atoms with Gasteiger partial charge in [-0.15, -0.1) is 0 Å². The third kappa shape index (κ3) is 4.34. The van der Waals surface area contributed by atoms with Crippen molar-refractivity contribution < 1.29 is 14.3 Å². The third-order valence-electron chi connectivity index (χ3n) is 4.36. The first-order valence-corrected chi connectivity index (χ1v) is 8.56. The topological polar surface area (TPSA) is 53.4 Å². The van der Waals surface area contributed by atoms with E-state index in [-0.39, 0.29) is 23.7 Å². The molecule has 2 unspecified atom stereocenters. The molecule has 0 N–H and O–H groups in total. The average molecular weight is 322 g/mol. The Bertz CT molecular complexity index is 543. The molecule has 0 bridgehead atoms. The van der Waals surface area contributed by atoms with E-state index in [0.29, 0.717) is 11.6 Å². The lowest BCUT2D eigenvalue weighted by molar-refractivity contribution is -0.0153. The number of rotatable bonds is 4. The van der Waals surface area contributed by atoms with Gasteiger partial charge in [-0.05, 0) is 52.0 Å². The molecule has 1 aliphatic rings. The van der Waals surface area contributed by atoms with Crippen molar-refractivity contribution in [1.82, 2.24) is 9.78 Å². The maximum atomic E-state index is 12.5. The number of methoxy groups -OCH3 is 1. The van der Waals surface area contributed by atoms with Crippen molar-refractivity contribution in [2.24, 2.45) is 0 Å². The van der Waals surface area contributed by atoms with Crippen molar-refractivity contribution in [2.45, 2.75) is 84.0 Å². The quantitative estimate of drug-likeness (QED) is 0.790. The fourth-order valence-electron chi connectivity index (χ4n) is 3.08. The van der Waals surface area contributed by atoms with Crippen molar-refractivity contribution in [3.63, 3.8) is 0 Å². The van der Waals surface area contributed by atoms with Gasteiger partial charge in [0.05, 0.1) is 11.6 Å². The molecule has 1 aromatic heterocycles. The highest BCUT2D eigenvalue weighted by Gasteiger charge is 2.28. The van der Waals surface area contributed by atoms with E-state index in [1.54, 1.807) is 7.11 Å². The number of esters is 1. The Morgan fingerprint density at radius 2 is 1.96 bits per heavy atom. The molecule has 1 fully saturated rings. The van der Waals surface area contributed by atoms with Crippen molar-refractivity contribution >= 4 is 5.97 Å². The largest absolute Gasteiger partial charge is 0.458 e. The fraction of sp³-hybridized carbons (Fsp3) is 0.778. The summed E-state index contributed by atoms with van der Waals surface area (Å²) in [6.07, 6.45) is 3.88. The van der Waals surface area contributed by atoms with Crippen LogP contribution in [0.3, 0.4) is 0 Å². The zero-order valence-corrected chi connectivity index (χ0v) is 15.3. The molecular weight excluding hydrogens is 292 g/mol. The van der Waals surface area contributed by atoms with Gasteiger partial charge in [-0.25, -0.2) is 4.79 Å². The summed E-state index contributed by atoms with van der Waals surface area (Å²) < 4.78 is 13.0. The Morgan fingerprint density at radius 1 is 1.30 bits per heavy atom.